The average molecular weight is 411 g/mol. The number of nitrogens with zero attached hydrogens (tertiary/aromatic N) is 3. The molecule has 1 aromatic heterocycles. The Morgan fingerprint density at radius 2 is 1.73 bits per heavy atom. The Bertz CT molecular complexity index is 839. The molecule has 30 heavy (non-hydrogen) atoms. The molecule has 2 aromatic rings. The number of anilines is 1. The molecular formula is C23H30N4O3. The fourth-order valence-corrected chi connectivity index (χ4v) is 3.15. The van der Waals surface area contributed by atoms with Gasteiger partial charge in [0.1, 0.15) is 11.6 Å². The molecule has 0 bridgehead atoms. The number of piperazine rings is 1. The SMILES string of the molecule is CC(C)(C)CCNC(=O)c1ccc(OC(=O)N2CCN(c3ccccn3)CC2)cc1. The van der Waals surface area contributed by atoms with Gasteiger partial charge in [-0.1, -0.05) is 26.8 Å². The highest BCUT2D eigenvalue weighted by atomic mass is 16.6. The van der Waals surface area contributed by atoms with Crippen LogP contribution in [0.15, 0.2) is 48.7 Å². The van der Waals surface area contributed by atoms with Crippen molar-refractivity contribution in [2.75, 3.05) is 37.6 Å². The van der Waals surface area contributed by atoms with Crippen LogP contribution in [0.2, 0.25) is 0 Å². The molecule has 1 fully saturated rings. The van der Waals surface area contributed by atoms with Crippen LogP contribution in [-0.2, 0) is 0 Å². The van der Waals surface area contributed by atoms with Gasteiger partial charge in [-0.25, -0.2) is 9.78 Å². The molecule has 1 N–H and O–H groups in total. The van der Waals surface area contributed by atoms with Gasteiger partial charge in [0.2, 0.25) is 0 Å². The summed E-state index contributed by atoms with van der Waals surface area (Å²) in [6.45, 7) is 9.61. The van der Waals surface area contributed by atoms with Gasteiger partial charge < -0.3 is 19.9 Å². The van der Waals surface area contributed by atoms with Gasteiger partial charge in [-0.3, -0.25) is 4.79 Å². The smallest absolute Gasteiger partial charge is 0.410 e. The quantitative estimate of drug-likeness (QED) is 0.816. The van der Waals surface area contributed by atoms with E-state index in [0.29, 0.717) is 44.0 Å². The molecule has 2 heterocycles. The van der Waals surface area contributed by atoms with Crippen LogP contribution < -0.4 is 15.0 Å². The number of carbonyl (C=O) groups excluding carboxylic acids is 2. The molecule has 1 aliphatic rings. The summed E-state index contributed by atoms with van der Waals surface area (Å²) in [5, 5.41) is 2.92. The zero-order valence-electron chi connectivity index (χ0n) is 17.9. The van der Waals surface area contributed by atoms with Crippen molar-refractivity contribution in [3.8, 4) is 5.75 Å². The number of hydrogen-bond donors (Lipinski definition) is 1. The highest BCUT2D eigenvalue weighted by molar-refractivity contribution is 5.94. The normalized spacial score (nSPS) is 14.4. The highest BCUT2D eigenvalue weighted by Gasteiger charge is 2.23. The van der Waals surface area contributed by atoms with Crippen LogP contribution in [-0.4, -0.2) is 54.6 Å². The Labute approximate surface area is 178 Å². The first kappa shape index (κ1) is 21.6. The molecule has 7 heteroatoms. The van der Waals surface area contributed by atoms with Crippen molar-refractivity contribution in [3.63, 3.8) is 0 Å². The number of amides is 2. The van der Waals surface area contributed by atoms with E-state index in [1.807, 2.05) is 18.2 Å². The Morgan fingerprint density at radius 3 is 2.33 bits per heavy atom. The van der Waals surface area contributed by atoms with Gasteiger partial charge >= 0.3 is 6.09 Å². The first-order valence-electron chi connectivity index (χ1n) is 10.3. The zero-order chi connectivity index (χ0) is 21.6. The second kappa shape index (κ2) is 9.61. The van der Waals surface area contributed by atoms with E-state index in [4.69, 9.17) is 4.74 Å². The Morgan fingerprint density at radius 1 is 1.03 bits per heavy atom. The summed E-state index contributed by atoms with van der Waals surface area (Å²) in [6.07, 6.45) is 2.30. The molecule has 0 aliphatic carbocycles. The molecule has 2 amide bonds. The maximum Gasteiger partial charge on any atom is 0.415 e. The number of carbonyl (C=O) groups is 2. The third-order valence-electron chi connectivity index (χ3n) is 4.99. The molecule has 0 atom stereocenters. The molecule has 0 spiro atoms. The standard InChI is InChI=1S/C23H30N4O3/c1-23(2,3)11-13-25-21(28)18-7-9-19(10-8-18)30-22(29)27-16-14-26(15-17-27)20-6-4-5-12-24-20/h4-10,12H,11,13-17H2,1-3H3,(H,25,28). The number of aromatic nitrogens is 1. The predicted molar refractivity (Wildman–Crippen MR) is 117 cm³/mol. The number of pyridine rings is 1. The summed E-state index contributed by atoms with van der Waals surface area (Å²) in [4.78, 5) is 32.9. The zero-order valence-corrected chi connectivity index (χ0v) is 17.9. The van der Waals surface area contributed by atoms with E-state index in [0.717, 1.165) is 12.2 Å². The Balaban J connectivity index is 1.46. The summed E-state index contributed by atoms with van der Waals surface area (Å²) < 4.78 is 5.48. The first-order chi connectivity index (χ1) is 14.3. The van der Waals surface area contributed by atoms with Crippen LogP contribution in [0.3, 0.4) is 0 Å². The van der Waals surface area contributed by atoms with Crippen LogP contribution in [0.25, 0.3) is 0 Å². The fraction of sp³-hybridized carbons (Fsp3) is 0.435. The number of rotatable bonds is 5. The summed E-state index contributed by atoms with van der Waals surface area (Å²) in [5.41, 5.74) is 0.724. The monoisotopic (exact) mass is 410 g/mol. The summed E-state index contributed by atoms with van der Waals surface area (Å²) in [7, 11) is 0. The van der Waals surface area contributed by atoms with E-state index in [-0.39, 0.29) is 17.4 Å². The van der Waals surface area contributed by atoms with Crippen LogP contribution in [0.5, 0.6) is 5.75 Å². The largest absolute Gasteiger partial charge is 0.415 e. The number of nitrogens with one attached hydrogen (secondary N) is 1. The third-order valence-corrected chi connectivity index (χ3v) is 4.99. The maximum atomic E-state index is 12.5. The van der Waals surface area contributed by atoms with Gasteiger partial charge in [0.15, 0.2) is 0 Å². The molecule has 3 rings (SSSR count). The molecule has 160 valence electrons. The van der Waals surface area contributed by atoms with Crippen molar-refractivity contribution in [3.05, 3.63) is 54.2 Å². The van der Waals surface area contributed by atoms with E-state index in [2.05, 4.69) is 36.0 Å². The van der Waals surface area contributed by atoms with E-state index in [9.17, 15) is 9.59 Å². The van der Waals surface area contributed by atoms with Crippen molar-refractivity contribution < 1.29 is 14.3 Å². The lowest BCUT2D eigenvalue weighted by Crippen LogP contribution is -2.49. The van der Waals surface area contributed by atoms with Gasteiger partial charge in [0, 0.05) is 44.5 Å². The fourth-order valence-electron chi connectivity index (χ4n) is 3.15. The highest BCUT2D eigenvalue weighted by Crippen LogP contribution is 2.18. The van der Waals surface area contributed by atoms with Crippen molar-refractivity contribution in [1.82, 2.24) is 15.2 Å². The maximum absolute atomic E-state index is 12.5. The summed E-state index contributed by atoms with van der Waals surface area (Å²) in [5.74, 6) is 1.23. The lowest BCUT2D eigenvalue weighted by Gasteiger charge is -2.34. The topological polar surface area (TPSA) is 74.8 Å². The van der Waals surface area contributed by atoms with Gasteiger partial charge in [-0.15, -0.1) is 0 Å². The van der Waals surface area contributed by atoms with Gasteiger partial charge in [0.05, 0.1) is 0 Å². The van der Waals surface area contributed by atoms with Gasteiger partial charge in [0.25, 0.3) is 5.91 Å². The Kier molecular flexibility index (Phi) is 6.92. The molecular weight excluding hydrogens is 380 g/mol. The van der Waals surface area contributed by atoms with Crippen molar-refractivity contribution >= 4 is 17.8 Å². The molecule has 0 unspecified atom stereocenters. The number of benzene rings is 1. The van der Waals surface area contributed by atoms with Crippen LogP contribution in [0.1, 0.15) is 37.6 Å². The summed E-state index contributed by atoms with van der Waals surface area (Å²) >= 11 is 0. The van der Waals surface area contributed by atoms with Crippen molar-refractivity contribution in [1.29, 1.82) is 0 Å². The third kappa shape index (κ3) is 6.20. The van der Waals surface area contributed by atoms with E-state index in [1.165, 1.54) is 0 Å². The van der Waals surface area contributed by atoms with Crippen LogP contribution in [0.4, 0.5) is 10.6 Å². The second-order valence-electron chi connectivity index (χ2n) is 8.62. The van der Waals surface area contributed by atoms with Crippen molar-refractivity contribution in [2.24, 2.45) is 5.41 Å². The van der Waals surface area contributed by atoms with Gasteiger partial charge in [-0.2, -0.15) is 0 Å². The average Bonchev–Trinajstić information content (AvgIpc) is 2.74. The Hall–Kier alpha value is -3.09. The van der Waals surface area contributed by atoms with E-state index in [1.54, 1.807) is 35.4 Å². The second-order valence-corrected chi connectivity index (χ2v) is 8.62. The minimum atomic E-state index is -0.377. The molecule has 0 radical (unpaired) electrons. The molecule has 1 aromatic carbocycles. The van der Waals surface area contributed by atoms with Gasteiger partial charge in [-0.05, 0) is 48.2 Å². The molecule has 1 aliphatic heterocycles. The first-order valence-corrected chi connectivity index (χ1v) is 10.3. The van der Waals surface area contributed by atoms with Crippen LogP contribution in [0, 0.1) is 5.41 Å². The van der Waals surface area contributed by atoms with Crippen LogP contribution >= 0.6 is 0 Å². The minimum Gasteiger partial charge on any atom is -0.410 e. The molecule has 7 nitrogen and oxygen atoms in total. The number of hydrogen-bond acceptors (Lipinski definition) is 5. The molecule has 1 saturated heterocycles. The number of ether oxygens (including phenoxy) is 1. The lowest BCUT2D eigenvalue weighted by atomic mass is 9.92. The van der Waals surface area contributed by atoms with Crippen molar-refractivity contribution in [2.45, 2.75) is 27.2 Å². The van der Waals surface area contributed by atoms with E-state index >= 15 is 0 Å². The summed E-state index contributed by atoms with van der Waals surface area (Å²) in [6, 6.07) is 12.5. The lowest BCUT2D eigenvalue weighted by molar-refractivity contribution is 0.0949. The molecule has 0 saturated carbocycles. The van der Waals surface area contributed by atoms with E-state index < -0.39 is 0 Å². The minimum absolute atomic E-state index is 0.122. The predicted octanol–water partition coefficient (Wildman–Crippen LogP) is 3.57.